The minimum Gasteiger partial charge on any atom is -0.162 e. The molecule has 2 heteroatoms. The molecule has 0 rings (SSSR count). The average molecular weight is 349 g/mol. The molecule has 0 aromatic rings. The zero-order valence-electron chi connectivity index (χ0n) is 11.5. The smallest absolute Gasteiger partial charge is 0.00676 e. The third kappa shape index (κ3) is 24.2. The zero-order valence-corrected chi connectivity index (χ0v) is 15.6. The van der Waals surface area contributed by atoms with Gasteiger partial charge < -0.3 is 0 Å². The van der Waals surface area contributed by atoms with Crippen LogP contribution in [-0.2, 0) is 0 Å². The van der Waals surface area contributed by atoms with Crippen molar-refractivity contribution in [3.8, 4) is 0 Å². The molecule has 0 aromatic carbocycles. The summed E-state index contributed by atoms with van der Waals surface area (Å²) < 4.78 is 2.24. The molecule has 0 atom stereocenters. The van der Waals surface area contributed by atoms with Crippen molar-refractivity contribution in [1.82, 2.24) is 0 Å². The molecule has 0 aromatic heterocycles. The number of hydrogen-bond donors (Lipinski definition) is 0. The van der Waals surface area contributed by atoms with E-state index in [4.69, 9.17) is 0 Å². The van der Waals surface area contributed by atoms with Gasteiger partial charge in [0.25, 0.3) is 0 Å². The van der Waals surface area contributed by atoms with E-state index in [1.807, 2.05) is 0 Å². The predicted octanol–water partition coefficient (Wildman–Crippen LogP) is 4.91. The molecule has 0 unspecified atom stereocenters. The summed E-state index contributed by atoms with van der Waals surface area (Å²) in [5.74, 6) is 2.74. The van der Waals surface area contributed by atoms with Gasteiger partial charge in [-0.2, -0.15) is 11.8 Å². The third-order valence-corrected chi connectivity index (χ3v) is 4.08. The van der Waals surface area contributed by atoms with Crippen molar-refractivity contribution < 1.29 is 0 Å². The van der Waals surface area contributed by atoms with Gasteiger partial charge in [-0.3, -0.25) is 0 Å². The fourth-order valence-electron chi connectivity index (χ4n) is 1.01. The predicted molar refractivity (Wildman–Crippen MR) is 83.0 cm³/mol. The molecule has 96 valence electrons. The molecule has 0 bridgehead atoms. The molecule has 0 aliphatic carbocycles. The van der Waals surface area contributed by atoms with E-state index in [1.165, 1.54) is 79.0 Å². The maximum absolute atomic E-state index is 2.27. The Hall–Kier alpha value is 0.889. The third-order valence-electron chi connectivity index (χ3n) is 2.14. The van der Waals surface area contributed by atoms with Crippen LogP contribution in [0.3, 0.4) is 0 Å². The van der Waals surface area contributed by atoms with E-state index in [0.29, 0.717) is 0 Å². The van der Waals surface area contributed by atoms with Gasteiger partial charge in [-0.1, -0.05) is 26.7 Å². The SMILES string of the molecule is CCCC/C=[CH]/[SnH].CCCCSCCCC. The number of thioether (sulfide) groups is 1. The molecule has 0 heterocycles. The van der Waals surface area contributed by atoms with E-state index in [9.17, 15) is 0 Å². The Balaban J connectivity index is 0. The van der Waals surface area contributed by atoms with E-state index in [1.54, 1.807) is 0 Å². The van der Waals surface area contributed by atoms with Crippen LogP contribution in [0.15, 0.2) is 10.2 Å². The molecule has 0 aliphatic heterocycles. The van der Waals surface area contributed by atoms with Gasteiger partial charge in [0.2, 0.25) is 0 Å². The summed E-state index contributed by atoms with van der Waals surface area (Å²) in [5.41, 5.74) is 0. The molecule has 0 saturated carbocycles. The zero-order chi connectivity index (χ0) is 12.5. The Morgan fingerprint density at radius 1 is 0.875 bits per heavy atom. The van der Waals surface area contributed by atoms with E-state index in [-0.39, 0.29) is 0 Å². The second kappa shape index (κ2) is 21.2. The summed E-state index contributed by atoms with van der Waals surface area (Å²) in [7, 11) is 0. The van der Waals surface area contributed by atoms with Crippen LogP contribution in [0.5, 0.6) is 0 Å². The number of hydrogen-bond acceptors (Lipinski definition) is 1. The molecule has 0 fully saturated rings. The molecular weight excluding hydrogens is 319 g/mol. The number of allylic oxidation sites excluding steroid dienone is 1. The topological polar surface area (TPSA) is 0 Å². The Morgan fingerprint density at radius 3 is 1.75 bits per heavy atom. The van der Waals surface area contributed by atoms with Crippen molar-refractivity contribution in [1.29, 1.82) is 0 Å². The van der Waals surface area contributed by atoms with Gasteiger partial charge in [-0.25, -0.2) is 0 Å². The van der Waals surface area contributed by atoms with Crippen molar-refractivity contribution in [2.24, 2.45) is 0 Å². The summed E-state index contributed by atoms with van der Waals surface area (Å²) >= 11 is 3.38. The molecule has 0 N–H and O–H groups in total. The van der Waals surface area contributed by atoms with E-state index < -0.39 is 0 Å². The maximum Gasteiger partial charge on any atom is -0.00676 e. The molecule has 0 amide bonds. The molecular formula is C14H30SSn. The quantitative estimate of drug-likeness (QED) is 0.421. The monoisotopic (exact) mass is 350 g/mol. The van der Waals surface area contributed by atoms with Crippen LogP contribution < -0.4 is 0 Å². The Morgan fingerprint density at radius 2 is 1.38 bits per heavy atom. The fourth-order valence-corrected chi connectivity index (χ4v) is 2.75. The Kier molecular flexibility index (Phi) is 25.5. The van der Waals surface area contributed by atoms with Crippen molar-refractivity contribution in [3.63, 3.8) is 0 Å². The number of rotatable bonds is 9. The molecule has 0 aliphatic rings. The first-order valence-corrected chi connectivity index (χ1v) is 9.83. The van der Waals surface area contributed by atoms with E-state index in [0.717, 1.165) is 0 Å². The van der Waals surface area contributed by atoms with Crippen LogP contribution in [-0.4, -0.2) is 34.0 Å². The van der Waals surface area contributed by atoms with Crippen molar-refractivity contribution in [2.45, 2.75) is 65.7 Å². The Labute approximate surface area is 121 Å². The second-order valence-corrected chi connectivity index (χ2v) is 6.21. The van der Waals surface area contributed by atoms with Gasteiger partial charge in [0.05, 0.1) is 0 Å². The second-order valence-electron chi connectivity index (χ2n) is 3.89. The maximum atomic E-state index is 2.27. The first kappa shape index (κ1) is 19.2. The first-order chi connectivity index (χ1) is 7.83. The summed E-state index contributed by atoms with van der Waals surface area (Å²) in [6.07, 6.45) is 11.7. The van der Waals surface area contributed by atoms with Gasteiger partial charge in [0.15, 0.2) is 0 Å². The van der Waals surface area contributed by atoms with Crippen molar-refractivity contribution in [2.75, 3.05) is 11.5 Å². The molecule has 2 radical (unpaired) electrons. The minimum atomic E-state index is 1.28. The van der Waals surface area contributed by atoms with Crippen molar-refractivity contribution >= 4 is 34.3 Å². The van der Waals surface area contributed by atoms with Gasteiger partial charge >= 0.3 is 58.9 Å². The molecule has 0 nitrogen and oxygen atoms in total. The first-order valence-electron chi connectivity index (χ1n) is 6.77. The van der Waals surface area contributed by atoms with Crippen LogP contribution in [0.25, 0.3) is 0 Å². The molecule has 0 saturated heterocycles. The largest absolute Gasteiger partial charge is 0.162 e. The summed E-state index contributed by atoms with van der Waals surface area (Å²) in [4.78, 5) is 0. The van der Waals surface area contributed by atoms with Crippen LogP contribution >= 0.6 is 11.8 Å². The van der Waals surface area contributed by atoms with Gasteiger partial charge in [-0.15, -0.1) is 0 Å². The van der Waals surface area contributed by atoms with Crippen LogP contribution in [0.4, 0.5) is 0 Å². The van der Waals surface area contributed by atoms with Gasteiger partial charge in [0, 0.05) is 0 Å². The van der Waals surface area contributed by atoms with Crippen LogP contribution in [0, 0.1) is 0 Å². The van der Waals surface area contributed by atoms with E-state index >= 15 is 0 Å². The van der Waals surface area contributed by atoms with Gasteiger partial charge in [0.1, 0.15) is 0 Å². The minimum absolute atomic E-state index is 1.28. The Bertz CT molecular complexity index is 118. The normalized spacial score (nSPS) is 10.2. The summed E-state index contributed by atoms with van der Waals surface area (Å²) in [6, 6.07) is 0. The molecule has 16 heavy (non-hydrogen) atoms. The number of unbranched alkanes of at least 4 members (excludes halogenated alkanes) is 4. The van der Waals surface area contributed by atoms with Crippen LogP contribution in [0.2, 0.25) is 0 Å². The summed E-state index contributed by atoms with van der Waals surface area (Å²) in [5, 5.41) is 0. The van der Waals surface area contributed by atoms with Crippen molar-refractivity contribution in [3.05, 3.63) is 10.2 Å². The average Bonchev–Trinajstić information content (AvgIpc) is 2.31. The van der Waals surface area contributed by atoms with E-state index in [2.05, 4.69) is 42.7 Å². The summed E-state index contributed by atoms with van der Waals surface area (Å²) in [6.45, 7) is 6.72. The standard InChI is InChI=1S/C8H18S.C6H11.Sn.H/c1-3-5-7-9-8-6-4-2;1-3-5-6-4-2;;/h3-8H2,1-2H3;1,3H,4-6H2,2H3;;. The van der Waals surface area contributed by atoms with Crippen LogP contribution in [0.1, 0.15) is 65.7 Å². The molecule has 0 spiro atoms. The van der Waals surface area contributed by atoms with Gasteiger partial charge in [-0.05, 0) is 24.3 Å². The fraction of sp³-hybridized carbons (Fsp3) is 0.857.